The van der Waals surface area contributed by atoms with E-state index in [4.69, 9.17) is 4.74 Å². The van der Waals surface area contributed by atoms with Crippen LogP contribution in [0.5, 0.6) is 0 Å². The minimum Gasteiger partial charge on any atom is -0.439 e. The number of fused-ring (bicyclic) bond motifs is 1. The summed E-state index contributed by atoms with van der Waals surface area (Å²) in [6.07, 6.45) is 0.541. The first-order valence-electron chi connectivity index (χ1n) is 7.11. The molecular weight excluding hydrogens is 306 g/mol. The van der Waals surface area contributed by atoms with Gasteiger partial charge in [0.15, 0.2) is 10.9 Å². The number of anilines is 1. The van der Waals surface area contributed by atoms with Gasteiger partial charge in [-0.15, -0.1) is 0 Å². The highest BCUT2D eigenvalue weighted by Gasteiger charge is 2.41. The van der Waals surface area contributed by atoms with Gasteiger partial charge < -0.3 is 9.64 Å². The number of aromatic nitrogens is 1. The number of esters is 1. The molecule has 8 heteroatoms. The van der Waals surface area contributed by atoms with Gasteiger partial charge in [0.05, 0.1) is 17.1 Å². The number of carbonyl (C=O) groups excluding carboxylic acids is 3. The molecule has 3 rings (SSSR count). The molecule has 1 aromatic heterocycles. The number of rotatable bonds is 2. The average molecular weight is 323 g/mol. The van der Waals surface area contributed by atoms with Crippen LogP contribution in [0.25, 0.3) is 0 Å². The molecule has 1 aliphatic heterocycles. The fourth-order valence-electron chi connectivity index (χ4n) is 2.80. The van der Waals surface area contributed by atoms with E-state index in [0.717, 1.165) is 12.1 Å². The van der Waals surface area contributed by atoms with Crippen molar-refractivity contribution in [2.24, 2.45) is 5.92 Å². The fourth-order valence-corrected chi connectivity index (χ4v) is 3.87. The van der Waals surface area contributed by atoms with Gasteiger partial charge in [-0.2, -0.15) is 0 Å². The first-order chi connectivity index (χ1) is 10.4. The number of hydrogen-bond acceptors (Lipinski definition) is 6. The standard InChI is InChI=1S/C14H17N3O4S/c1-7-4-9-12(10(19)5-7)22-13(15-9)17-11(21-8(2)18)6-16(3)14(17)20/h7,11H,4-6H2,1-3H3. The van der Waals surface area contributed by atoms with Gasteiger partial charge >= 0.3 is 12.0 Å². The number of ketones is 1. The van der Waals surface area contributed by atoms with Gasteiger partial charge in [-0.1, -0.05) is 18.3 Å². The predicted octanol–water partition coefficient (Wildman–Crippen LogP) is 1.67. The van der Waals surface area contributed by atoms with Crippen LogP contribution in [0.2, 0.25) is 0 Å². The Labute approximate surface area is 131 Å². The number of Topliss-reactive ketones (excluding diaryl/α,β-unsaturated/α-hetero) is 1. The van der Waals surface area contributed by atoms with Gasteiger partial charge in [0, 0.05) is 20.4 Å². The number of amides is 2. The van der Waals surface area contributed by atoms with Crippen LogP contribution in [0.15, 0.2) is 0 Å². The van der Waals surface area contributed by atoms with E-state index < -0.39 is 12.2 Å². The molecule has 1 saturated heterocycles. The zero-order chi connectivity index (χ0) is 16.0. The number of thiazole rings is 1. The molecule has 0 spiro atoms. The largest absolute Gasteiger partial charge is 0.439 e. The molecule has 2 amide bonds. The van der Waals surface area contributed by atoms with E-state index in [1.807, 2.05) is 6.92 Å². The van der Waals surface area contributed by atoms with E-state index in [1.54, 1.807) is 7.05 Å². The van der Waals surface area contributed by atoms with Crippen molar-refractivity contribution in [3.8, 4) is 0 Å². The Morgan fingerprint density at radius 3 is 2.77 bits per heavy atom. The van der Waals surface area contributed by atoms with Crippen molar-refractivity contribution >= 4 is 34.3 Å². The van der Waals surface area contributed by atoms with E-state index in [9.17, 15) is 14.4 Å². The van der Waals surface area contributed by atoms with Crippen molar-refractivity contribution in [3.05, 3.63) is 10.6 Å². The normalized spacial score (nSPS) is 24.7. The lowest BCUT2D eigenvalue weighted by Gasteiger charge is -2.19. The lowest BCUT2D eigenvalue weighted by molar-refractivity contribution is -0.145. The SMILES string of the molecule is CC(=O)OC1CN(C)C(=O)N1c1nc2c(s1)C(=O)CC(C)C2. The van der Waals surface area contributed by atoms with Crippen molar-refractivity contribution in [1.82, 2.24) is 9.88 Å². The van der Waals surface area contributed by atoms with Crippen LogP contribution in [0.4, 0.5) is 9.93 Å². The number of hydrogen-bond donors (Lipinski definition) is 0. The van der Waals surface area contributed by atoms with Gasteiger partial charge in [0.2, 0.25) is 6.23 Å². The van der Waals surface area contributed by atoms with E-state index in [1.165, 1.54) is 28.1 Å². The number of carbonyl (C=O) groups is 3. The summed E-state index contributed by atoms with van der Waals surface area (Å²) in [5.41, 5.74) is 0.743. The Kier molecular flexibility index (Phi) is 3.64. The first-order valence-corrected chi connectivity index (χ1v) is 7.93. The molecule has 0 saturated carbocycles. The van der Waals surface area contributed by atoms with Crippen LogP contribution in [0.1, 0.15) is 35.6 Å². The molecule has 0 aromatic carbocycles. The summed E-state index contributed by atoms with van der Waals surface area (Å²) in [6.45, 7) is 3.60. The van der Waals surface area contributed by atoms with Gasteiger partial charge in [-0.05, 0) is 12.3 Å². The predicted molar refractivity (Wildman–Crippen MR) is 80.0 cm³/mol. The van der Waals surface area contributed by atoms with Crippen LogP contribution in [-0.2, 0) is 16.0 Å². The number of ether oxygens (including phenoxy) is 1. The second-order valence-corrected chi connectivity index (χ2v) is 6.78. The summed E-state index contributed by atoms with van der Waals surface area (Å²) in [6, 6.07) is -0.280. The Morgan fingerprint density at radius 1 is 1.36 bits per heavy atom. The van der Waals surface area contributed by atoms with Crippen molar-refractivity contribution in [3.63, 3.8) is 0 Å². The smallest absolute Gasteiger partial charge is 0.329 e. The molecule has 2 aliphatic rings. The zero-order valence-corrected chi connectivity index (χ0v) is 13.5. The number of nitrogens with zero attached hydrogens (tertiary/aromatic N) is 3. The van der Waals surface area contributed by atoms with E-state index in [0.29, 0.717) is 16.4 Å². The summed E-state index contributed by atoms with van der Waals surface area (Å²) in [5.74, 6) is -0.123. The Bertz CT molecular complexity index is 657. The molecule has 0 radical (unpaired) electrons. The molecule has 1 aliphatic carbocycles. The Hall–Kier alpha value is -1.96. The summed E-state index contributed by atoms with van der Waals surface area (Å²) in [4.78, 5) is 43.5. The number of urea groups is 1. The molecular formula is C14H17N3O4S. The van der Waals surface area contributed by atoms with E-state index in [2.05, 4.69) is 4.98 Å². The minimum atomic E-state index is -0.699. The van der Waals surface area contributed by atoms with Crippen LogP contribution in [-0.4, -0.2) is 47.5 Å². The molecule has 2 atom stereocenters. The van der Waals surface area contributed by atoms with Crippen molar-refractivity contribution in [1.29, 1.82) is 0 Å². The molecule has 2 heterocycles. The second-order valence-electron chi connectivity index (χ2n) is 5.81. The quantitative estimate of drug-likeness (QED) is 0.774. The van der Waals surface area contributed by atoms with E-state index >= 15 is 0 Å². The van der Waals surface area contributed by atoms with E-state index in [-0.39, 0.29) is 24.3 Å². The summed E-state index contributed by atoms with van der Waals surface area (Å²) < 4.78 is 5.21. The number of likely N-dealkylation sites (N-methyl/N-ethyl adjacent to an activating group) is 1. The van der Waals surface area contributed by atoms with Crippen LogP contribution < -0.4 is 4.90 Å². The van der Waals surface area contributed by atoms with Crippen molar-refractivity contribution < 1.29 is 19.1 Å². The highest BCUT2D eigenvalue weighted by atomic mass is 32.1. The Balaban J connectivity index is 1.95. The van der Waals surface area contributed by atoms with Gasteiger partial charge in [0.1, 0.15) is 0 Å². The molecule has 0 N–H and O–H groups in total. The minimum absolute atomic E-state index is 0.0709. The van der Waals surface area contributed by atoms with Crippen LogP contribution in [0, 0.1) is 5.92 Å². The third kappa shape index (κ3) is 2.47. The van der Waals surface area contributed by atoms with Crippen LogP contribution in [0.3, 0.4) is 0 Å². The molecule has 1 fully saturated rings. The molecule has 118 valence electrons. The van der Waals surface area contributed by atoms with Crippen molar-refractivity contribution in [2.45, 2.75) is 32.9 Å². The molecule has 0 bridgehead atoms. The third-order valence-electron chi connectivity index (χ3n) is 3.77. The summed E-state index contributed by atoms with van der Waals surface area (Å²) in [7, 11) is 1.64. The maximum atomic E-state index is 12.3. The van der Waals surface area contributed by atoms with Gasteiger partial charge in [-0.3, -0.25) is 9.59 Å². The zero-order valence-electron chi connectivity index (χ0n) is 12.7. The topological polar surface area (TPSA) is 79.8 Å². The lowest BCUT2D eigenvalue weighted by Crippen LogP contribution is -2.37. The Morgan fingerprint density at radius 2 is 2.09 bits per heavy atom. The maximum absolute atomic E-state index is 12.3. The highest BCUT2D eigenvalue weighted by molar-refractivity contribution is 7.17. The van der Waals surface area contributed by atoms with Crippen LogP contribution >= 0.6 is 11.3 Å². The van der Waals surface area contributed by atoms with Gasteiger partial charge in [0.25, 0.3) is 0 Å². The second kappa shape index (κ2) is 5.35. The molecule has 7 nitrogen and oxygen atoms in total. The highest BCUT2D eigenvalue weighted by Crippen LogP contribution is 2.36. The maximum Gasteiger partial charge on any atom is 0.329 e. The fraction of sp³-hybridized carbons (Fsp3) is 0.571. The monoisotopic (exact) mass is 323 g/mol. The summed E-state index contributed by atoms with van der Waals surface area (Å²) >= 11 is 1.21. The van der Waals surface area contributed by atoms with Crippen molar-refractivity contribution in [2.75, 3.05) is 18.5 Å². The lowest BCUT2D eigenvalue weighted by atomic mass is 9.92. The first kappa shape index (κ1) is 15.0. The molecule has 1 aromatic rings. The summed E-state index contributed by atoms with van der Waals surface area (Å²) in [5, 5.41) is 0.424. The molecule has 2 unspecified atom stereocenters. The third-order valence-corrected chi connectivity index (χ3v) is 4.91. The van der Waals surface area contributed by atoms with Gasteiger partial charge in [-0.25, -0.2) is 14.7 Å². The molecule has 22 heavy (non-hydrogen) atoms. The average Bonchev–Trinajstić information content (AvgIpc) is 2.91.